The van der Waals surface area contributed by atoms with Crippen molar-refractivity contribution in [3.8, 4) is 0 Å². The molecule has 2 atom stereocenters. The van der Waals surface area contributed by atoms with Crippen molar-refractivity contribution in [2.24, 2.45) is 16.6 Å². The van der Waals surface area contributed by atoms with Gasteiger partial charge in [-0.1, -0.05) is 34.6 Å². The molecule has 18 heavy (non-hydrogen) atoms. The van der Waals surface area contributed by atoms with Gasteiger partial charge in [0.05, 0.1) is 0 Å². The summed E-state index contributed by atoms with van der Waals surface area (Å²) in [5.74, 6) is 0. The van der Waals surface area contributed by atoms with Crippen molar-refractivity contribution in [1.82, 2.24) is 4.90 Å². The zero-order chi connectivity index (χ0) is 14.1. The molecule has 1 aliphatic rings. The van der Waals surface area contributed by atoms with E-state index in [2.05, 4.69) is 53.5 Å². The lowest BCUT2D eigenvalue weighted by Crippen LogP contribution is -2.56. The topological polar surface area (TPSA) is 29.3 Å². The van der Waals surface area contributed by atoms with Gasteiger partial charge in [0.1, 0.15) is 0 Å². The summed E-state index contributed by atoms with van der Waals surface area (Å²) in [7, 11) is 2.28. The Balaban J connectivity index is 2.71. The first-order chi connectivity index (χ1) is 8.04. The van der Waals surface area contributed by atoms with Crippen LogP contribution in [-0.4, -0.2) is 30.1 Å². The molecule has 0 radical (unpaired) electrons. The lowest BCUT2D eigenvalue weighted by Gasteiger charge is -2.47. The van der Waals surface area contributed by atoms with Crippen LogP contribution in [0.2, 0.25) is 0 Å². The Morgan fingerprint density at radius 2 is 1.61 bits per heavy atom. The average Bonchev–Trinajstić information content (AvgIpc) is 2.13. The highest BCUT2D eigenvalue weighted by Crippen LogP contribution is 2.38. The molecule has 1 aliphatic carbocycles. The fraction of sp³-hybridized carbons (Fsp3) is 1.00. The maximum atomic E-state index is 6.24. The highest BCUT2D eigenvalue weighted by Gasteiger charge is 2.37. The van der Waals surface area contributed by atoms with Crippen LogP contribution >= 0.6 is 0 Å². The molecule has 0 aromatic heterocycles. The molecule has 0 amide bonds. The molecule has 0 heterocycles. The van der Waals surface area contributed by atoms with Crippen molar-refractivity contribution >= 4 is 0 Å². The van der Waals surface area contributed by atoms with Crippen LogP contribution in [0.3, 0.4) is 0 Å². The van der Waals surface area contributed by atoms with Gasteiger partial charge in [0, 0.05) is 18.1 Å². The molecule has 0 aromatic rings. The minimum absolute atomic E-state index is 0.227. The molecule has 2 unspecified atom stereocenters. The summed E-state index contributed by atoms with van der Waals surface area (Å²) >= 11 is 0. The average molecular weight is 254 g/mol. The van der Waals surface area contributed by atoms with E-state index in [0.29, 0.717) is 17.5 Å². The van der Waals surface area contributed by atoms with Gasteiger partial charge in [0.15, 0.2) is 0 Å². The fourth-order valence-electron chi connectivity index (χ4n) is 3.79. The summed E-state index contributed by atoms with van der Waals surface area (Å²) in [5, 5.41) is 0. The van der Waals surface area contributed by atoms with Crippen LogP contribution in [0.25, 0.3) is 0 Å². The molecule has 1 rings (SSSR count). The number of rotatable bonds is 3. The van der Waals surface area contributed by atoms with Crippen LogP contribution in [0.5, 0.6) is 0 Å². The lowest BCUT2D eigenvalue weighted by atomic mass is 9.74. The van der Waals surface area contributed by atoms with Gasteiger partial charge in [-0.05, 0) is 50.5 Å². The second-order valence-electron chi connectivity index (χ2n) is 8.23. The minimum atomic E-state index is 0.227. The summed E-state index contributed by atoms with van der Waals surface area (Å²) in [5.41, 5.74) is 7.03. The lowest BCUT2D eigenvalue weighted by molar-refractivity contribution is 0.0349. The Bertz CT molecular complexity index is 253. The third kappa shape index (κ3) is 3.96. The molecular formula is C16H34N2. The van der Waals surface area contributed by atoms with Gasteiger partial charge < -0.3 is 5.73 Å². The number of likely N-dealkylation sites (N-methyl/N-ethyl adjacent to an activating group) is 1. The van der Waals surface area contributed by atoms with E-state index >= 15 is 0 Å². The van der Waals surface area contributed by atoms with Gasteiger partial charge >= 0.3 is 0 Å². The SMILES string of the molecule is CC(N)C(N(C)C1CCC(C)(C)CC1)C(C)(C)C. The van der Waals surface area contributed by atoms with E-state index < -0.39 is 0 Å². The summed E-state index contributed by atoms with van der Waals surface area (Å²) in [4.78, 5) is 2.57. The molecule has 2 N–H and O–H groups in total. The normalized spacial score (nSPS) is 25.2. The Morgan fingerprint density at radius 1 is 1.17 bits per heavy atom. The number of hydrogen-bond acceptors (Lipinski definition) is 2. The largest absolute Gasteiger partial charge is 0.327 e. The van der Waals surface area contributed by atoms with Crippen molar-refractivity contribution < 1.29 is 0 Å². The van der Waals surface area contributed by atoms with Crippen LogP contribution in [-0.2, 0) is 0 Å². The number of nitrogens with two attached hydrogens (primary N) is 1. The summed E-state index contributed by atoms with van der Waals surface area (Å²) in [6, 6.07) is 1.40. The minimum Gasteiger partial charge on any atom is -0.327 e. The summed E-state index contributed by atoms with van der Waals surface area (Å²) in [6.45, 7) is 13.9. The highest BCUT2D eigenvalue weighted by atomic mass is 15.2. The first-order valence-electron chi connectivity index (χ1n) is 7.52. The van der Waals surface area contributed by atoms with Crippen molar-refractivity contribution in [2.45, 2.75) is 85.4 Å². The first kappa shape index (κ1) is 16.0. The standard InChI is InChI=1S/C16H34N2/c1-12(17)14(15(2,3)4)18(7)13-8-10-16(5,6)11-9-13/h12-14H,8-11,17H2,1-7H3. The van der Waals surface area contributed by atoms with Gasteiger partial charge in [0.25, 0.3) is 0 Å². The van der Waals surface area contributed by atoms with Gasteiger partial charge in [-0.25, -0.2) is 0 Å². The zero-order valence-corrected chi connectivity index (χ0v) is 13.6. The fourth-order valence-corrected chi connectivity index (χ4v) is 3.79. The van der Waals surface area contributed by atoms with Crippen molar-refractivity contribution in [3.63, 3.8) is 0 Å². The van der Waals surface area contributed by atoms with E-state index in [-0.39, 0.29) is 11.5 Å². The van der Waals surface area contributed by atoms with E-state index in [1.54, 1.807) is 0 Å². The molecule has 0 saturated heterocycles. The zero-order valence-electron chi connectivity index (χ0n) is 13.6. The third-order valence-electron chi connectivity index (χ3n) is 4.71. The predicted octanol–water partition coefficient (Wildman–Crippen LogP) is 3.65. The molecule has 0 aromatic carbocycles. The molecule has 1 saturated carbocycles. The maximum absolute atomic E-state index is 6.24. The molecule has 2 nitrogen and oxygen atoms in total. The van der Waals surface area contributed by atoms with Crippen LogP contribution in [0, 0.1) is 10.8 Å². The van der Waals surface area contributed by atoms with E-state index in [4.69, 9.17) is 5.73 Å². The second kappa shape index (κ2) is 5.50. The van der Waals surface area contributed by atoms with E-state index in [1.807, 2.05) is 0 Å². The van der Waals surface area contributed by atoms with E-state index in [9.17, 15) is 0 Å². The maximum Gasteiger partial charge on any atom is 0.0292 e. The monoisotopic (exact) mass is 254 g/mol. The van der Waals surface area contributed by atoms with Crippen LogP contribution in [0.1, 0.15) is 67.2 Å². The van der Waals surface area contributed by atoms with Crippen LogP contribution in [0.4, 0.5) is 0 Å². The molecule has 0 aliphatic heterocycles. The van der Waals surface area contributed by atoms with E-state index in [1.165, 1.54) is 25.7 Å². The van der Waals surface area contributed by atoms with Gasteiger partial charge in [-0.2, -0.15) is 0 Å². The van der Waals surface area contributed by atoms with E-state index in [0.717, 1.165) is 0 Å². The Hall–Kier alpha value is -0.0800. The van der Waals surface area contributed by atoms with Crippen molar-refractivity contribution in [3.05, 3.63) is 0 Å². The summed E-state index contributed by atoms with van der Waals surface area (Å²) < 4.78 is 0. The van der Waals surface area contributed by atoms with Crippen LogP contribution in [0.15, 0.2) is 0 Å². The number of hydrogen-bond donors (Lipinski definition) is 1. The molecule has 2 heteroatoms. The smallest absolute Gasteiger partial charge is 0.0292 e. The van der Waals surface area contributed by atoms with Crippen molar-refractivity contribution in [2.75, 3.05) is 7.05 Å². The molecule has 108 valence electrons. The Labute approximate surface area is 114 Å². The first-order valence-corrected chi connectivity index (χ1v) is 7.52. The Kier molecular flexibility index (Phi) is 4.88. The number of nitrogens with zero attached hydrogens (tertiary/aromatic N) is 1. The predicted molar refractivity (Wildman–Crippen MR) is 80.7 cm³/mol. The molecular weight excluding hydrogens is 220 g/mol. The third-order valence-corrected chi connectivity index (χ3v) is 4.71. The quantitative estimate of drug-likeness (QED) is 0.833. The van der Waals surface area contributed by atoms with Gasteiger partial charge in [-0.15, -0.1) is 0 Å². The molecule has 1 fully saturated rings. The highest BCUT2D eigenvalue weighted by molar-refractivity contribution is 4.93. The molecule has 0 bridgehead atoms. The Morgan fingerprint density at radius 3 is 1.94 bits per heavy atom. The van der Waals surface area contributed by atoms with Gasteiger partial charge in [-0.3, -0.25) is 4.90 Å². The van der Waals surface area contributed by atoms with Crippen molar-refractivity contribution in [1.29, 1.82) is 0 Å². The van der Waals surface area contributed by atoms with Gasteiger partial charge in [0.2, 0.25) is 0 Å². The second-order valence-corrected chi connectivity index (χ2v) is 8.23. The molecule has 0 spiro atoms. The summed E-state index contributed by atoms with van der Waals surface area (Å²) in [6.07, 6.45) is 5.33. The van der Waals surface area contributed by atoms with Crippen LogP contribution < -0.4 is 5.73 Å².